The first-order valence-electron chi connectivity index (χ1n) is 9.65. The fraction of sp³-hybridized carbons (Fsp3) is 0.227. The van der Waals surface area contributed by atoms with Gasteiger partial charge in [0.1, 0.15) is 17.2 Å². The first-order valence-corrected chi connectivity index (χ1v) is 10.5. The number of aliphatic hydroxyl groups is 1. The fourth-order valence-corrected chi connectivity index (χ4v) is 4.35. The minimum Gasteiger partial charge on any atom is -0.389 e. The molecule has 0 saturated carbocycles. The van der Waals surface area contributed by atoms with E-state index in [4.69, 9.17) is 4.74 Å². The van der Waals surface area contributed by atoms with Gasteiger partial charge in [-0.25, -0.2) is 19.3 Å². The Hall–Kier alpha value is -2.94. The van der Waals surface area contributed by atoms with Gasteiger partial charge in [0.2, 0.25) is 0 Å². The summed E-state index contributed by atoms with van der Waals surface area (Å²) >= 11 is 1.35. The molecule has 1 aliphatic heterocycles. The van der Waals surface area contributed by atoms with Gasteiger partial charge in [0, 0.05) is 40.7 Å². The van der Waals surface area contributed by atoms with Crippen molar-refractivity contribution < 1.29 is 14.2 Å². The zero-order valence-electron chi connectivity index (χ0n) is 16.1. The van der Waals surface area contributed by atoms with Gasteiger partial charge in [-0.2, -0.15) is 0 Å². The molecule has 0 unspecified atom stereocenters. The predicted octanol–water partition coefficient (Wildman–Crippen LogP) is 3.89. The lowest BCUT2D eigenvalue weighted by Gasteiger charge is -2.29. The van der Waals surface area contributed by atoms with Crippen molar-refractivity contribution >= 4 is 27.9 Å². The summed E-state index contributed by atoms with van der Waals surface area (Å²) in [6.07, 6.45) is 1.51. The molecular weight excluding hydrogens is 403 g/mol. The lowest BCUT2D eigenvalue weighted by molar-refractivity contribution is 0.122. The summed E-state index contributed by atoms with van der Waals surface area (Å²) < 4.78 is 19.9. The molecule has 4 aromatic rings. The number of benzene rings is 2. The Bertz CT molecular complexity index is 1210. The number of hydrogen-bond donors (Lipinski definition) is 1. The first-order chi connectivity index (χ1) is 14.7. The molecule has 0 bridgehead atoms. The molecule has 1 aliphatic rings. The molecule has 1 fully saturated rings. The smallest absolute Gasteiger partial charge is 0.124 e. The maximum Gasteiger partial charge on any atom is 0.124 e. The maximum atomic E-state index is 14.5. The third-order valence-corrected chi connectivity index (χ3v) is 5.98. The molecule has 0 amide bonds. The minimum absolute atomic E-state index is 0.130. The molecule has 8 heteroatoms. The number of morpholine rings is 1. The predicted molar refractivity (Wildman–Crippen MR) is 115 cm³/mol. The Labute approximate surface area is 176 Å². The zero-order valence-corrected chi connectivity index (χ0v) is 16.9. The van der Waals surface area contributed by atoms with Gasteiger partial charge in [0.05, 0.1) is 36.7 Å². The number of aromatic nitrogens is 3. The molecule has 1 N–H and O–H groups in total. The number of thiazole rings is 1. The SMILES string of the molecule is OCc1nc(-c2cc(F)cc(-c3ncnc4cc(N5CCOCC5)ccc34)c2)cs1. The number of anilines is 1. The summed E-state index contributed by atoms with van der Waals surface area (Å²) in [7, 11) is 0. The molecule has 0 radical (unpaired) electrons. The standard InChI is InChI=1S/C22H19FN4O2S/c23-16-8-14(20-12-30-21(11-28)26-20)7-15(9-16)22-18-2-1-17(10-19(18)24-13-25-22)27-3-5-29-6-4-27/h1-2,7-10,12-13,28H,3-6,11H2. The summed E-state index contributed by atoms with van der Waals surface area (Å²) in [5, 5.41) is 12.5. The van der Waals surface area contributed by atoms with E-state index in [1.165, 1.54) is 29.8 Å². The van der Waals surface area contributed by atoms with Gasteiger partial charge >= 0.3 is 0 Å². The van der Waals surface area contributed by atoms with E-state index in [0.29, 0.717) is 40.7 Å². The molecule has 0 spiro atoms. The molecule has 0 atom stereocenters. The molecule has 30 heavy (non-hydrogen) atoms. The third kappa shape index (κ3) is 3.65. The van der Waals surface area contributed by atoms with Gasteiger partial charge in [0.25, 0.3) is 0 Å². The number of ether oxygens (including phenoxy) is 1. The van der Waals surface area contributed by atoms with E-state index in [-0.39, 0.29) is 12.4 Å². The van der Waals surface area contributed by atoms with Crippen LogP contribution in [0.3, 0.4) is 0 Å². The highest BCUT2D eigenvalue weighted by atomic mass is 32.1. The number of fused-ring (bicyclic) bond motifs is 1. The Balaban J connectivity index is 1.57. The van der Waals surface area contributed by atoms with Crippen molar-refractivity contribution in [3.05, 3.63) is 58.9 Å². The van der Waals surface area contributed by atoms with Gasteiger partial charge in [-0.05, 0) is 36.4 Å². The number of hydrogen-bond acceptors (Lipinski definition) is 7. The van der Waals surface area contributed by atoms with Crippen LogP contribution in [0, 0.1) is 5.82 Å². The molecule has 0 aliphatic carbocycles. The van der Waals surface area contributed by atoms with Crippen LogP contribution in [-0.2, 0) is 11.3 Å². The van der Waals surface area contributed by atoms with Crippen LogP contribution >= 0.6 is 11.3 Å². The molecule has 5 rings (SSSR count). The van der Waals surface area contributed by atoms with E-state index in [1.807, 2.05) is 23.6 Å². The minimum atomic E-state index is -0.363. The van der Waals surface area contributed by atoms with Crippen molar-refractivity contribution in [1.29, 1.82) is 0 Å². The average molecular weight is 422 g/mol. The van der Waals surface area contributed by atoms with Crippen molar-refractivity contribution in [1.82, 2.24) is 15.0 Å². The maximum absolute atomic E-state index is 14.5. The van der Waals surface area contributed by atoms with Crippen molar-refractivity contribution in [2.24, 2.45) is 0 Å². The lowest BCUT2D eigenvalue weighted by Crippen LogP contribution is -2.36. The van der Waals surface area contributed by atoms with Crippen molar-refractivity contribution in [2.45, 2.75) is 6.61 Å². The van der Waals surface area contributed by atoms with Crippen LogP contribution in [0.25, 0.3) is 33.4 Å². The van der Waals surface area contributed by atoms with Crippen molar-refractivity contribution in [2.75, 3.05) is 31.2 Å². The van der Waals surface area contributed by atoms with Gasteiger partial charge in [-0.1, -0.05) is 0 Å². The van der Waals surface area contributed by atoms with E-state index < -0.39 is 0 Å². The summed E-state index contributed by atoms with van der Waals surface area (Å²) in [6, 6.07) is 10.9. The Kier molecular flexibility index (Phi) is 5.12. The number of halogens is 1. The van der Waals surface area contributed by atoms with E-state index in [9.17, 15) is 9.50 Å². The summed E-state index contributed by atoms with van der Waals surface area (Å²) in [5.41, 5.74) is 4.53. The van der Waals surface area contributed by atoms with E-state index >= 15 is 0 Å². The van der Waals surface area contributed by atoms with Gasteiger partial charge < -0.3 is 14.7 Å². The highest BCUT2D eigenvalue weighted by molar-refractivity contribution is 7.09. The lowest BCUT2D eigenvalue weighted by atomic mass is 10.0. The van der Waals surface area contributed by atoms with E-state index in [1.54, 1.807) is 0 Å². The zero-order chi connectivity index (χ0) is 20.5. The molecule has 1 saturated heterocycles. The Morgan fingerprint density at radius 2 is 1.90 bits per heavy atom. The second kappa shape index (κ2) is 8.06. The monoisotopic (exact) mass is 422 g/mol. The number of nitrogens with zero attached hydrogens (tertiary/aromatic N) is 4. The van der Waals surface area contributed by atoms with Crippen LogP contribution in [0.15, 0.2) is 48.1 Å². The normalized spacial score (nSPS) is 14.4. The average Bonchev–Trinajstić information content (AvgIpc) is 3.28. The topological polar surface area (TPSA) is 71.4 Å². The molecule has 3 heterocycles. The summed E-state index contributed by atoms with van der Waals surface area (Å²) in [4.78, 5) is 15.5. The van der Waals surface area contributed by atoms with Crippen LogP contribution in [-0.4, -0.2) is 46.4 Å². The molecule has 6 nitrogen and oxygen atoms in total. The quantitative estimate of drug-likeness (QED) is 0.538. The highest BCUT2D eigenvalue weighted by Gasteiger charge is 2.15. The van der Waals surface area contributed by atoms with Crippen LogP contribution < -0.4 is 4.90 Å². The fourth-order valence-electron chi connectivity index (χ4n) is 3.68. The second-order valence-electron chi connectivity index (χ2n) is 7.04. The Morgan fingerprint density at radius 1 is 1.07 bits per heavy atom. The first kappa shape index (κ1) is 19.0. The van der Waals surface area contributed by atoms with Crippen LogP contribution in [0.1, 0.15) is 5.01 Å². The molecule has 2 aromatic carbocycles. The third-order valence-electron chi connectivity index (χ3n) is 5.15. The van der Waals surface area contributed by atoms with Crippen LogP contribution in [0.4, 0.5) is 10.1 Å². The molecule has 2 aromatic heterocycles. The summed E-state index contributed by atoms with van der Waals surface area (Å²) in [5.74, 6) is -0.363. The van der Waals surface area contributed by atoms with Crippen molar-refractivity contribution in [3.63, 3.8) is 0 Å². The van der Waals surface area contributed by atoms with E-state index in [2.05, 4.69) is 25.9 Å². The van der Waals surface area contributed by atoms with Crippen LogP contribution in [0.2, 0.25) is 0 Å². The number of aliphatic hydroxyl groups excluding tert-OH is 1. The highest BCUT2D eigenvalue weighted by Crippen LogP contribution is 2.32. The van der Waals surface area contributed by atoms with Crippen molar-refractivity contribution in [3.8, 4) is 22.5 Å². The van der Waals surface area contributed by atoms with E-state index in [0.717, 1.165) is 29.7 Å². The molecular formula is C22H19FN4O2S. The van der Waals surface area contributed by atoms with Crippen LogP contribution in [0.5, 0.6) is 0 Å². The number of rotatable bonds is 4. The largest absolute Gasteiger partial charge is 0.389 e. The second-order valence-corrected chi connectivity index (χ2v) is 7.98. The van der Waals surface area contributed by atoms with Gasteiger partial charge in [-0.15, -0.1) is 11.3 Å². The molecule has 152 valence electrons. The van der Waals surface area contributed by atoms with Gasteiger partial charge in [-0.3, -0.25) is 0 Å². The van der Waals surface area contributed by atoms with Gasteiger partial charge in [0.15, 0.2) is 0 Å². The summed E-state index contributed by atoms with van der Waals surface area (Å²) in [6.45, 7) is 3.00. The Morgan fingerprint density at radius 3 is 2.70 bits per heavy atom.